The highest BCUT2D eigenvalue weighted by molar-refractivity contribution is 14.0. The van der Waals surface area contributed by atoms with Crippen LogP contribution in [0.1, 0.15) is 43.2 Å². The van der Waals surface area contributed by atoms with Crippen LogP contribution in [0, 0.1) is 0 Å². The molecule has 2 fully saturated rings. The molecule has 0 atom stereocenters. The standard InChI is InChI=1S/C23H39N5O.HI/c1-24-22(25-17-20-8-7-9-21(16-20)18-27(2)3)26-19-23(10-5-4-6-11-23)28-12-14-29-15-13-28;/h7-9,16H,4-6,10-15,17-19H2,1-3H3,(H2,24,25,26);1H. The number of hydrogen-bond acceptors (Lipinski definition) is 4. The Balaban J connectivity index is 0.00000320. The van der Waals surface area contributed by atoms with E-state index in [-0.39, 0.29) is 29.5 Å². The van der Waals surface area contributed by atoms with E-state index in [1.807, 2.05) is 7.05 Å². The van der Waals surface area contributed by atoms with E-state index < -0.39 is 0 Å². The second-order valence-electron chi connectivity index (χ2n) is 8.72. The zero-order valence-electron chi connectivity index (χ0n) is 19.0. The third kappa shape index (κ3) is 7.35. The molecule has 0 spiro atoms. The molecule has 7 heteroatoms. The van der Waals surface area contributed by atoms with E-state index in [9.17, 15) is 0 Å². The predicted octanol–water partition coefficient (Wildman–Crippen LogP) is 3.07. The molecule has 2 N–H and O–H groups in total. The quantitative estimate of drug-likeness (QED) is 0.323. The molecular formula is C23H40IN5O. The summed E-state index contributed by atoms with van der Waals surface area (Å²) in [5.74, 6) is 0.890. The Morgan fingerprint density at radius 3 is 2.47 bits per heavy atom. The van der Waals surface area contributed by atoms with Crippen LogP contribution in [0.2, 0.25) is 0 Å². The molecule has 0 radical (unpaired) electrons. The van der Waals surface area contributed by atoms with Crippen molar-refractivity contribution in [3.8, 4) is 0 Å². The molecule has 0 amide bonds. The molecule has 1 aliphatic heterocycles. The van der Waals surface area contributed by atoms with Gasteiger partial charge in [0.1, 0.15) is 0 Å². The summed E-state index contributed by atoms with van der Waals surface area (Å²) in [4.78, 5) is 9.34. The Kier molecular flexibility index (Phi) is 10.8. The third-order valence-electron chi connectivity index (χ3n) is 6.22. The molecular weight excluding hydrogens is 489 g/mol. The minimum atomic E-state index is 0. The van der Waals surface area contributed by atoms with Gasteiger partial charge >= 0.3 is 0 Å². The molecule has 1 heterocycles. The fourth-order valence-corrected chi connectivity index (χ4v) is 4.71. The summed E-state index contributed by atoms with van der Waals surface area (Å²) in [6.45, 7) is 6.51. The molecule has 0 unspecified atom stereocenters. The van der Waals surface area contributed by atoms with E-state index in [0.29, 0.717) is 0 Å². The van der Waals surface area contributed by atoms with Crippen LogP contribution in [0.25, 0.3) is 0 Å². The molecule has 6 nitrogen and oxygen atoms in total. The van der Waals surface area contributed by atoms with Crippen molar-refractivity contribution < 1.29 is 4.74 Å². The Morgan fingerprint density at radius 1 is 1.10 bits per heavy atom. The molecule has 3 rings (SSSR count). The molecule has 2 aliphatic rings. The van der Waals surface area contributed by atoms with Crippen molar-refractivity contribution in [3.05, 3.63) is 35.4 Å². The number of halogens is 1. The van der Waals surface area contributed by atoms with Gasteiger partial charge in [-0.1, -0.05) is 43.5 Å². The van der Waals surface area contributed by atoms with Crippen LogP contribution < -0.4 is 10.6 Å². The van der Waals surface area contributed by atoms with Gasteiger partial charge in [0.2, 0.25) is 0 Å². The van der Waals surface area contributed by atoms with Crippen molar-refractivity contribution in [1.82, 2.24) is 20.4 Å². The molecule has 1 saturated heterocycles. The lowest BCUT2D eigenvalue weighted by atomic mass is 9.80. The summed E-state index contributed by atoms with van der Waals surface area (Å²) in [6, 6.07) is 8.78. The summed E-state index contributed by atoms with van der Waals surface area (Å²) in [7, 11) is 6.07. The summed E-state index contributed by atoms with van der Waals surface area (Å²) in [6.07, 6.45) is 6.54. The van der Waals surface area contributed by atoms with E-state index in [0.717, 1.165) is 51.9 Å². The topological polar surface area (TPSA) is 52.1 Å². The van der Waals surface area contributed by atoms with Crippen molar-refractivity contribution in [2.75, 3.05) is 54.0 Å². The first-order chi connectivity index (χ1) is 14.1. The second kappa shape index (κ2) is 12.8. The van der Waals surface area contributed by atoms with Gasteiger partial charge in [-0.3, -0.25) is 9.89 Å². The van der Waals surface area contributed by atoms with Gasteiger partial charge < -0.3 is 20.3 Å². The Morgan fingerprint density at radius 2 is 1.80 bits per heavy atom. The Hall–Kier alpha value is -0.900. The normalized spacial score (nSPS) is 19.9. The maximum absolute atomic E-state index is 5.60. The lowest BCUT2D eigenvalue weighted by Crippen LogP contribution is -2.60. The molecule has 1 aliphatic carbocycles. The number of nitrogens with one attached hydrogen (secondary N) is 2. The van der Waals surface area contributed by atoms with Crippen molar-refractivity contribution >= 4 is 29.9 Å². The monoisotopic (exact) mass is 529 g/mol. The van der Waals surface area contributed by atoms with Gasteiger partial charge in [0.15, 0.2) is 5.96 Å². The SMILES string of the molecule is CN=C(NCc1cccc(CN(C)C)c1)NCC1(N2CCOCC2)CCCCC1.I. The van der Waals surface area contributed by atoms with E-state index in [4.69, 9.17) is 4.74 Å². The molecule has 1 saturated carbocycles. The van der Waals surface area contributed by atoms with Gasteiger partial charge in [-0.25, -0.2) is 0 Å². The summed E-state index contributed by atoms with van der Waals surface area (Å²) in [5.41, 5.74) is 2.87. The van der Waals surface area contributed by atoms with Crippen LogP contribution in [0.5, 0.6) is 0 Å². The maximum atomic E-state index is 5.60. The van der Waals surface area contributed by atoms with Gasteiger partial charge in [-0.15, -0.1) is 24.0 Å². The van der Waals surface area contributed by atoms with Crippen molar-refractivity contribution in [2.45, 2.75) is 50.7 Å². The second-order valence-corrected chi connectivity index (χ2v) is 8.72. The number of hydrogen-bond donors (Lipinski definition) is 2. The predicted molar refractivity (Wildman–Crippen MR) is 136 cm³/mol. The summed E-state index contributed by atoms with van der Waals surface area (Å²) < 4.78 is 5.60. The maximum Gasteiger partial charge on any atom is 0.191 e. The third-order valence-corrected chi connectivity index (χ3v) is 6.22. The number of nitrogens with zero attached hydrogens (tertiary/aromatic N) is 3. The fraction of sp³-hybridized carbons (Fsp3) is 0.696. The smallest absolute Gasteiger partial charge is 0.191 e. The van der Waals surface area contributed by atoms with Gasteiger partial charge in [0, 0.05) is 45.3 Å². The van der Waals surface area contributed by atoms with Crippen LogP contribution in [0.15, 0.2) is 29.3 Å². The number of aliphatic imine (C=N–C) groups is 1. The van der Waals surface area contributed by atoms with E-state index >= 15 is 0 Å². The highest BCUT2D eigenvalue weighted by Gasteiger charge is 2.38. The Labute approximate surface area is 199 Å². The first-order valence-corrected chi connectivity index (χ1v) is 11.1. The zero-order valence-corrected chi connectivity index (χ0v) is 21.3. The fourth-order valence-electron chi connectivity index (χ4n) is 4.71. The molecule has 1 aromatic rings. The van der Waals surface area contributed by atoms with Crippen LogP contribution in [-0.4, -0.2) is 75.3 Å². The van der Waals surface area contributed by atoms with Gasteiger partial charge in [-0.05, 0) is 38.1 Å². The Bertz CT molecular complexity index is 655. The lowest BCUT2D eigenvalue weighted by Gasteiger charge is -2.48. The van der Waals surface area contributed by atoms with Crippen LogP contribution in [-0.2, 0) is 17.8 Å². The van der Waals surface area contributed by atoms with Crippen LogP contribution >= 0.6 is 24.0 Å². The van der Waals surface area contributed by atoms with Gasteiger partial charge in [0.05, 0.1) is 13.2 Å². The van der Waals surface area contributed by atoms with E-state index in [1.165, 1.54) is 43.2 Å². The van der Waals surface area contributed by atoms with Gasteiger partial charge in [-0.2, -0.15) is 0 Å². The number of ether oxygens (including phenoxy) is 1. The summed E-state index contributed by atoms with van der Waals surface area (Å²) >= 11 is 0. The van der Waals surface area contributed by atoms with Gasteiger partial charge in [0.25, 0.3) is 0 Å². The minimum absolute atomic E-state index is 0. The van der Waals surface area contributed by atoms with E-state index in [1.54, 1.807) is 0 Å². The zero-order chi connectivity index (χ0) is 20.5. The number of guanidine groups is 1. The van der Waals surface area contributed by atoms with Crippen molar-refractivity contribution in [3.63, 3.8) is 0 Å². The minimum Gasteiger partial charge on any atom is -0.379 e. The number of rotatable bonds is 7. The number of morpholine rings is 1. The average Bonchev–Trinajstić information content (AvgIpc) is 2.75. The number of benzene rings is 1. The van der Waals surface area contributed by atoms with Crippen molar-refractivity contribution in [2.24, 2.45) is 4.99 Å². The molecule has 30 heavy (non-hydrogen) atoms. The summed E-state index contributed by atoms with van der Waals surface area (Å²) in [5, 5.41) is 7.15. The molecule has 0 bridgehead atoms. The highest BCUT2D eigenvalue weighted by Crippen LogP contribution is 2.33. The first-order valence-electron chi connectivity index (χ1n) is 11.1. The van der Waals surface area contributed by atoms with E-state index in [2.05, 4.69) is 63.8 Å². The van der Waals surface area contributed by atoms with Crippen molar-refractivity contribution in [1.29, 1.82) is 0 Å². The largest absolute Gasteiger partial charge is 0.379 e. The highest BCUT2D eigenvalue weighted by atomic mass is 127. The molecule has 0 aromatic heterocycles. The van der Waals surface area contributed by atoms with Crippen LogP contribution in [0.3, 0.4) is 0 Å². The molecule has 1 aromatic carbocycles. The lowest BCUT2D eigenvalue weighted by molar-refractivity contribution is -0.0352. The van der Waals surface area contributed by atoms with Crippen LogP contribution in [0.4, 0.5) is 0 Å². The average molecular weight is 530 g/mol. The first kappa shape index (κ1) is 25.4. The molecule has 170 valence electrons.